The first-order chi connectivity index (χ1) is 13.4. The lowest BCUT2D eigenvalue weighted by Crippen LogP contribution is -2.41. The lowest BCUT2D eigenvalue weighted by molar-refractivity contribution is -0.125. The number of nitrogens with zero attached hydrogens (tertiary/aromatic N) is 2. The lowest BCUT2D eigenvalue weighted by Gasteiger charge is -2.27. The van der Waals surface area contributed by atoms with Crippen LogP contribution in [0.3, 0.4) is 0 Å². The SMILES string of the molecule is CC(F)(F)c1c(CO)[nH]c2ncc(-c3cccc(N4CCOCC4=O)c3)cc12. The summed E-state index contributed by atoms with van der Waals surface area (Å²) < 4.78 is 33.4. The number of anilines is 1. The van der Waals surface area contributed by atoms with Crippen LogP contribution < -0.4 is 4.90 Å². The molecule has 0 atom stereocenters. The fourth-order valence-electron chi connectivity index (χ4n) is 3.55. The van der Waals surface area contributed by atoms with Gasteiger partial charge < -0.3 is 19.7 Å². The van der Waals surface area contributed by atoms with Crippen LogP contribution in [0.15, 0.2) is 36.5 Å². The van der Waals surface area contributed by atoms with E-state index in [0.717, 1.165) is 18.2 Å². The normalized spacial score (nSPS) is 15.4. The highest BCUT2D eigenvalue weighted by Crippen LogP contribution is 2.37. The first-order valence-corrected chi connectivity index (χ1v) is 8.87. The molecule has 0 radical (unpaired) electrons. The Hall–Kier alpha value is -2.84. The van der Waals surface area contributed by atoms with Crippen LogP contribution in [0.2, 0.25) is 0 Å². The van der Waals surface area contributed by atoms with Crippen molar-refractivity contribution in [2.75, 3.05) is 24.7 Å². The highest BCUT2D eigenvalue weighted by molar-refractivity contribution is 5.95. The predicted octanol–water partition coefficient (Wildman–Crippen LogP) is 3.20. The second kappa shape index (κ2) is 6.96. The average Bonchev–Trinajstić information content (AvgIpc) is 3.06. The van der Waals surface area contributed by atoms with Gasteiger partial charge in [0.15, 0.2) is 0 Å². The van der Waals surface area contributed by atoms with Crippen molar-refractivity contribution in [3.8, 4) is 11.1 Å². The quantitative estimate of drug-likeness (QED) is 0.721. The maximum Gasteiger partial charge on any atom is 0.272 e. The summed E-state index contributed by atoms with van der Waals surface area (Å²) in [6.07, 6.45) is 1.58. The number of rotatable bonds is 4. The Labute approximate surface area is 159 Å². The molecule has 1 aliphatic rings. The van der Waals surface area contributed by atoms with E-state index < -0.39 is 12.5 Å². The standard InChI is InChI=1S/C20H19F2N3O3/c1-20(21,22)18-15-8-13(9-23-19(15)24-16(18)10-26)12-3-2-4-14(7-12)25-5-6-28-11-17(25)27/h2-4,7-9,26H,5-6,10-11H2,1H3,(H,23,24). The minimum atomic E-state index is -3.13. The van der Waals surface area contributed by atoms with Gasteiger partial charge in [-0.05, 0) is 23.8 Å². The third-order valence-corrected chi connectivity index (χ3v) is 4.80. The number of morpholine rings is 1. The molecule has 0 bridgehead atoms. The van der Waals surface area contributed by atoms with Gasteiger partial charge in [0, 0.05) is 36.3 Å². The van der Waals surface area contributed by atoms with E-state index in [2.05, 4.69) is 9.97 Å². The number of pyridine rings is 1. The van der Waals surface area contributed by atoms with E-state index >= 15 is 0 Å². The molecule has 0 saturated carbocycles. The number of nitrogens with one attached hydrogen (secondary N) is 1. The van der Waals surface area contributed by atoms with Gasteiger partial charge >= 0.3 is 0 Å². The van der Waals surface area contributed by atoms with Crippen molar-refractivity contribution in [1.29, 1.82) is 0 Å². The third kappa shape index (κ3) is 3.25. The second-order valence-electron chi connectivity index (χ2n) is 6.79. The number of alkyl halides is 2. The molecule has 146 valence electrons. The van der Waals surface area contributed by atoms with Crippen LogP contribution >= 0.6 is 0 Å². The summed E-state index contributed by atoms with van der Waals surface area (Å²) in [5.74, 6) is -3.25. The number of benzene rings is 1. The molecule has 3 heterocycles. The predicted molar refractivity (Wildman–Crippen MR) is 100 cm³/mol. The molecule has 0 aliphatic carbocycles. The second-order valence-corrected chi connectivity index (χ2v) is 6.79. The van der Waals surface area contributed by atoms with Crippen molar-refractivity contribution in [2.45, 2.75) is 19.5 Å². The van der Waals surface area contributed by atoms with Crippen LogP contribution in [-0.2, 0) is 22.1 Å². The Morgan fingerprint density at radius 3 is 2.86 bits per heavy atom. The summed E-state index contributed by atoms with van der Waals surface area (Å²) in [6.45, 7) is 1.24. The number of carbonyl (C=O) groups is 1. The van der Waals surface area contributed by atoms with Gasteiger partial charge in [-0.3, -0.25) is 4.79 Å². The van der Waals surface area contributed by atoms with E-state index in [9.17, 15) is 18.7 Å². The number of ether oxygens (including phenoxy) is 1. The molecular weight excluding hydrogens is 368 g/mol. The topological polar surface area (TPSA) is 78.4 Å². The van der Waals surface area contributed by atoms with Gasteiger partial charge in [0.05, 0.1) is 24.5 Å². The smallest absolute Gasteiger partial charge is 0.272 e. The molecule has 28 heavy (non-hydrogen) atoms. The maximum atomic E-state index is 14.1. The van der Waals surface area contributed by atoms with Gasteiger partial charge in [0.1, 0.15) is 12.3 Å². The van der Waals surface area contributed by atoms with Crippen molar-refractivity contribution < 1.29 is 23.4 Å². The Kier molecular flexibility index (Phi) is 4.60. The molecule has 1 aliphatic heterocycles. The highest BCUT2D eigenvalue weighted by atomic mass is 19.3. The summed E-state index contributed by atoms with van der Waals surface area (Å²) in [6, 6.07) is 8.93. The van der Waals surface area contributed by atoms with Crippen LogP contribution in [0, 0.1) is 0 Å². The first-order valence-electron chi connectivity index (χ1n) is 8.87. The Balaban J connectivity index is 1.79. The van der Waals surface area contributed by atoms with Gasteiger partial charge in [-0.1, -0.05) is 12.1 Å². The number of amides is 1. The number of hydrogen-bond donors (Lipinski definition) is 2. The van der Waals surface area contributed by atoms with E-state index in [-0.39, 0.29) is 29.2 Å². The fourth-order valence-corrected chi connectivity index (χ4v) is 3.55. The Bertz CT molecular complexity index is 1040. The number of aliphatic hydroxyl groups excluding tert-OH is 1. The molecule has 1 aromatic carbocycles. The lowest BCUT2D eigenvalue weighted by atomic mass is 10.0. The molecule has 3 aromatic rings. The highest BCUT2D eigenvalue weighted by Gasteiger charge is 2.32. The summed E-state index contributed by atoms with van der Waals surface area (Å²) >= 11 is 0. The maximum absolute atomic E-state index is 14.1. The number of fused-ring (bicyclic) bond motifs is 1. The van der Waals surface area contributed by atoms with E-state index in [1.165, 1.54) is 0 Å². The van der Waals surface area contributed by atoms with Crippen LogP contribution in [0.4, 0.5) is 14.5 Å². The van der Waals surface area contributed by atoms with Gasteiger partial charge in [0.25, 0.3) is 11.8 Å². The molecule has 0 unspecified atom stereocenters. The number of hydrogen-bond acceptors (Lipinski definition) is 4. The average molecular weight is 387 g/mol. The number of aromatic nitrogens is 2. The number of H-pyrrole nitrogens is 1. The molecule has 4 rings (SSSR count). The molecule has 0 spiro atoms. The summed E-state index contributed by atoms with van der Waals surface area (Å²) in [5, 5.41) is 9.70. The fraction of sp³-hybridized carbons (Fsp3) is 0.300. The minimum absolute atomic E-state index is 0.0416. The molecule has 8 heteroatoms. The summed E-state index contributed by atoms with van der Waals surface area (Å²) in [7, 11) is 0. The monoisotopic (exact) mass is 387 g/mol. The Morgan fingerprint density at radius 1 is 1.32 bits per heavy atom. The number of aromatic amines is 1. The van der Waals surface area contributed by atoms with Gasteiger partial charge in [-0.2, -0.15) is 0 Å². The number of halogens is 2. The van der Waals surface area contributed by atoms with Crippen molar-refractivity contribution >= 4 is 22.6 Å². The van der Waals surface area contributed by atoms with Crippen LogP contribution in [0.5, 0.6) is 0 Å². The largest absolute Gasteiger partial charge is 0.390 e. The zero-order chi connectivity index (χ0) is 19.9. The third-order valence-electron chi connectivity index (χ3n) is 4.80. The van der Waals surface area contributed by atoms with E-state index in [1.807, 2.05) is 24.3 Å². The van der Waals surface area contributed by atoms with E-state index in [4.69, 9.17) is 4.74 Å². The zero-order valence-electron chi connectivity index (χ0n) is 15.2. The minimum Gasteiger partial charge on any atom is -0.390 e. The first kappa shape index (κ1) is 18.5. The summed E-state index contributed by atoms with van der Waals surface area (Å²) in [5.41, 5.74) is 2.21. The van der Waals surface area contributed by atoms with Crippen molar-refractivity contribution in [2.24, 2.45) is 0 Å². The van der Waals surface area contributed by atoms with Crippen molar-refractivity contribution in [3.05, 3.63) is 47.8 Å². The van der Waals surface area contributed by atoms with Gasteiger partial charge in [-0.25, -0.2) is 13.8 Å². The van der Waals surface area contributed by atoms with Crippen LogP contribution in [0.25, 0.3) is 22.2 Å². The summed E-state index contributed by atoms with van der Waals surface area (Å²) in [4.78, 5) is 20.7. The van der Waals surface area contributed by atoms with Crippen LogP contribution in [-0.4, -0.2) is 40.7 Å². The van der Waals surface area contributed by atoms with E-state index in [0.29, 0.717) is 24.4 Å². The molecule has 2 N–H and O–H groups in total. The molecule has 1 amide bonds. The molecule has 1 fully saturated rings. The molecule has 1 saturated heterocycles. The van der Waals surface area contributed by atoms with E-state index in [1.54, 1.807) is 17.2 Å². The molecule has 6 nitrogen and oxygen atoms in total. The van der Waals surface area contributed by atoms with Crippen molar-refractivity contribution in [3.63, 3.8) is 0 Å². The number of carbonyl (C=O) groups excluding carboxylic acids is 1. The molecule has 2 aromatic heterocycles. The molecular formula is C20H19F2N3O3. The van der Waals surface area contributed by atoms with Crippen molar-refractivity contribution in [1.82, 2.24) is 9.97 Å². The zero-order valence-corrected chi connectivity index (χ0v) is 15.2. The Morgan fingerprint density at radius 2 is 2.14 bits per heavy atom. The number of aliphatic hydroxyl groups is 1. The van der Waals surface area contributed by atoms with Gasteiger partial charge in [-0.15, -0.1) is 0 Å². The van der Waals surface area contributed by atoms with Gasteiger partial charge in [0.2, 0.25) is 0 Å². The van der Waals surface area contributed by atoms with Crippen LogP contribution in [0.1, 0.15) is 18.2 Å².